The van der Waals surface area contributed by atoms with E-state index in [2.05, 4.69) is 54.9 Å². The van der Waals surface area contributed by atoms with Gasteiger partial charge in [-0.3, -0.25) is 4.98 Å². The third kappa shape index (κ3) is 5.43. The molecule has 1 heterocycles. The summed E-state index contributed by atoms with van der Waals surface area (Å²) in [4.78, 5) is 6.60. The van der Waals surface area contributed by atoms with Gasteiger partial charge in [0.05, 0.1) is 5.69 Å². The predicted molar refractivity (Wildman–Crippen MR) is 89.2 cm³/mol. The molecule has 108 valence electrons. The highest BCUT2D eigenvalue weighted by molar-refractivity contribution is 5.62. The summed E-state index contributed by atoms with van der Waals surface area (Å²) in [6.07, 6.45) is 0. The van der Waals surface area contributed by atoms with Crippen molar-refractivity contribution in [2.24, 2.45) is 5.92 Å². The molecule has 2 rings (SSSR count). The number of rotatable bonds is 2. The van der Waals surface area contributed by atoms with Crippen LogP contribution in [0.5, 0.6) is 0 Å². The molecule has 0 spiro atoms. The molecule has 0 aliphatic rings. The van der Waals surface area contributed by atoms with Gasteiger partial charge in [-0.2, -0.15) is 0 Å². The average Bonchev–Trinajstić information content (AvgIpc) is 2.38. The summed E-state index contributed by atoms with van der Waals surface area (Å²) in [6, 6.07) is 14.5. The highest BCUT2D eigenvalue weighted by Crippen LogP contribution is 2.20. The molecule has 0 radical (unpaired) electrons. The molecular weight excluding hydrogens is 244 g/mol. The molecule has 2 nitrogen and oxygen atoms in total. The second-order valence-corrected chi connectivity index (χ2v) is 5.84. The van der Waals surface area contributed by atoms with E-state index in [9.17, 15) is 0 Å². The first-order chi connectivity index (χ1) is 9.40. The molecule has 0 atom stereocenters. The van der Waals surface area contributed by atoms with Crippen LogP contribution in [0.3, 0.4) is 0 Å². The molecular formula is C18H26N2. The molecule has 0 saturated heterocycles. The zero-order valence-electron chi connectivity index (χ0n) is 13.5. The zero-order valence-corrected chi connectivity index (χ0v) is 13.5. The van der Waals surface area contributed by atoms with Crippen molar-refractivity contribution in [2.75, 3.05) is 19.0 Å². The molecule has 1 aromatic carbocycles. The van der Waals surface area contributed by atoms with Crippen molar-refractivity contribution in [3.8, 4) is 11.3 Å². The molecule has 0 aliphatic heterocycles. The summed E-state index contributed by atoms with van der Waals surface area (Å²) in [5.41, 5.74) is 4.45. The van der Waals surface area contributed by atoms with Gasteiger partial charge in [0.1, 0.15) is 0 Å². The molecule has 0 bridgehead atoms. The fraction of sp³-hybridized carbons (Fsp3) is 0.389. The Kier molecular flexibility index (Phi) is 6.23. The van der Waals surface area contributed by atoms with Gasteiger partial charge in [0.15, 0.2) is 0 Å². The van der Waals surface area contributed by atoms with Crippen LogP contribution in [0.4, 0.5) is 5.69 Å². The quantitative estimate of drug-likeness (QED) is 0.780. The second-order valence-electron chi connectivity index (χ2n) is 5.84. The van der Waals surface area contributed by atoms with E-state index in [0.717, 1.165) is 22.9 Å². The monoisotopic (exact) mass is 270 g/mol. The molecule has 20 heavy (non-hydrogen) atoms. The highest BCUT2D eigenvalue weighted by Gasteiger charge is 2.00. The average molecular weight is 270 g/mol. The lowest BCUT2D eigenvalue weighted by Crippen LogP contribution is -2.07. The third-order valence-electron chi connectivity index (χ3n) is 2.57. The molecule has 0 unspecified atom stereocenters. The van der Waals surface area contributed by atoms with Crippen molar-refractivity contribution in [3.05, 3.63) is 48.2 Å². The number of anilines is 1. The number of hydrogen-bond acceptors (Lipinski definition) is 2. The van der Waals surface area contributed by atoms with Crippen molar-refractivity contribution in [1.82, 2.24) is 4.98 Å². The van der Waals surface area contributed by atoms with E-state index >= 15 is 0 Å². The van der Waals surface area contributed by atoms with Crippen LogP contribution in [0.25, 0.3) is 11.3 Å². The summed E-state index contributed by atoms with van der Waals surface area (Å²) >= 11 is 0. The second kappa shape index (κ2) is 7.68. The van der Waals surface area contributed by atoms with Gasteiger partial charge in [-0.1, -0.05) is 39.0 Å². The van der Waals surface area contributed by atoms with Crippen molar-refractivity contribution >= 4 is 5.69 Å². The summed E-state index contributed by atoms with van der Waals surface area (Å²) in [6.45, 7) is 8.51. The van der Waals surface area contributed by atoms with Crippen LogP contribution >= 0.6 is 0 Å². The number of nitrogens with zero attached hydrogens (tertiary/aromatic N) is 2. The van der Waals surface area contributed by atoms with E-state index in [-0.39, 0.29) is 0 Å². The number of aryl methyl sites for hydroxylation is 1. The summed E-state index contributed by atoms with van der Waals surface area (Å²) < 4.78 is 0. The van der Waals surface area contributed by atoms with Crippen LogP contribution in [0, 0.1) is 12.8 Å². The molecule has 0 amide bonds. The Labute approximate surface area is 123 Å². The fourth-order valence-electron chi connectivity index (χ4n) is 1.63. The topological polar surface area (TPSA) is 16.1 Å². The Balaban J connectivity index is 0.000000444. The molecule has 0 aliphatic carbocycles. The predicted octanol–water partition coefficient (Wildman–Crippen LogP) is 4.79. The molecule has 2 aromatic rings. The van der Waals surface area contributed by atoms with Crippen LogP contribution < -0.4 is 4.90 Å². The van der Waals surface area contributed by atoms with Crippen LogP contribution in [-0.4, -0.2) is 19.1 Å². The van der Waals surface area contributed by atoms with Crippen LogP contribution in [0.2, 0.25) is 0 Å². The van der Waals surface area contributed by atoms with E-state index in [0.29, 0.717) is 0 Å². The number of benzene rings is 1. The van der Waals surface area contributed by atoms with Gasteiger partial charge in [-0.05, 0) is 37.1 Å². The SMILES string of the molecule is CC(C)C.Cc1cccc(-c2ccc(N(C)C)cc2)n1. The van der Waals surface area contributed by atoms with Crippen LogP contribution in [-0.2, 0) is 0 Å². The Morgan fingerprint density at radius 2 is 1.45 bits per heavy atom. The van der Waals surface area contributed by atoms with E-state index in [1.165, 1.54) is 5.69 Å². The first kappa shape index (κ1) is 16.2. The minimum Gasteiger partial charge on any atom is -0.378 e. The van der Waals surface area contributed by atoms with Gasteiger partial charge >= 0.3 is 0 Å². The highest BCUT2D eigenvalue weighted by atomic mass is 15.1. The lowest BCUT2D eigenvalue weighted by Gasteiger charge is -2.12. The Bertz CT molecular complexity index is 510. The van der Waals surface area contributed by atoms with Gasteiger partial charge in [-0.25, -0.2) is 0 Å². The van der Waals surface area contributed by atoms with Crippen LogP contribution in [0.1, 0.15) is 26.5 Å². The van der Waals surface area contributed by atoms with Crippen molar-refractivity contribution in [2.45, 2.75) is 27.7 Å². The minimum absolute atomic E-state index is 0.833. The Morgan fingerprint density at radius 1 is 0.900 bits per heavy atom. The Morgan fingerprint density at radius 3 is 1.90 bits per heavy atom. The summed E-state index contributed by atoms with van der Waals surface area (Å²) in [7, 11) is 4.08. The maximum absolute atomic E-state index is 4.50. The lowest BCUT2D eigenvalue weighted by molar-refractivity contribution is 0.737. The van der Waals surface area contributed by atoms with Crippen molar-refractivity contribution in [1.29, 1.82) is 0 Å². The first-order valence-corrected chi connectivity index (χ1v) is 7.11. The van der Waals surface area contributed by atoms with Crippen molar-refractivity contribution < 1.29 is 0 Å². The van der Waals surface area contributed by atoms with Gasteiger partial charge in [0, 0.05) is 31.0 Å². The summed E-state index contributed by atoms with van der Waals surface area (Å²) in [5.74, 6) is 0.833. The molecule has 0 fully saturated rings. The summed E-state index contributed by atoms with van der Waals surface area (Å²) in [5, 5.41) is 0. The van der Waals surface area contributed by atoms with E-state index in [1.807, 2.05) is 39.2 Å². The zero-order chi connectivity index (χ0) is 15.1. The smallest absolute Gasteiger partial charge is 0.0705 e. The molecule has 1 aromatic heterocycles. The van der Waals surface area contributed by atoms with Gasteiger partial charge in [-0.15, -0.1) is 0 Å². The fourth-order valence-corrected chi connectivity index (χ4v) is 1.63. The van der Waals surface area contributed by atoms with Gasteiger partial charge in [0.25, 0.3) is 0 Å². The third-order valence-corrected chi connectivity index (χ3v) is 2.57. The largest absolute Gasteiger partial charge is 0.378 e. The van der Waals surface area contributed by atoms with E-state index in [4.69, 9.17) is 0 Å². The maximum Gasteiger partial charge on any atom is 0.0705 e. The standard InChI is InChI=1S/C14H16N2.C4H10/c1-11-5-4-6-14(15-11)12-7-9-13(10-8-12)16(2)3;1-4(2)3/h4-10H,1-3H3;4H,1-3H3. The molecule has 0 N–H and O–H groups in total. The number of hydrogen-bond donors (Lipinski definition) is 0. The molecule has 2 heteroatoms. The first-order valence-electron chi connectivity index (χ1n) is 7.11. The number of pyridine rings is 1. The number of aromatic nitrogens is 1. The minimum atomic E-state index is 0.833. The van der Waals surface area contributed by atoms with Crippen LogP contribution in [0.15, 0.2) is 42.5 Å². The maximum atomic E-state index is 4.50. The van der Waals surface area contributed by atoms with Gasteiger partial charge in [0.2, 0.25) is 0 Å². The normalized spacial score (nSPS) is 9.95. The molecule has 0 saturated carbocycles. The van der Waals surface area contributed by atoms with Gasteiger partial charge < -0.3 is 4.90 Å². The van der Waals surface area contributed by atoms with E-state index < -0.39 is 0 Å². The van der Waals surface area contributed by atoms with E-state index in [1.54, 1.807) is 0 Å². The lowest BCUT2D eigenvalue weighted by atomic mass is 10.1. The Hall–Kier alpha value is -1.83. The van der Waals surface area contributed by atoms with Crippen molar-refractivity contribution in [3.63, 3.8) is 0 Å².